The van der Waals surface area contributed by atoms with Gasteiger partial charge in [0.1, 0.15) is 0 Å². The van der Waals surface area contributed by atoms with Crippen LogP contribution in [-0.4, -0.2) is 72.9 Å². The second kappa shape index (κ2) is 7.43. The molecule has 2 N–H and O–H groups in total. The molecule has 2 aliphatic rings. The predicted octanol–water partition coefficient (Wildman–Crippen LogP) is 0.517. The number of nitrogens with zero attached hydrogens (tertiary/aromatic N) is 2. The summed E-state index contributed by atoms with van der Waals surface area (Å²) in [6.07, 6.45) is 5.40. The van der Waals surface area contributed by atoms with Gasteiger partial charge in [0.15, 0.2) is 0 Å². The highest BCUT2D eigenvalue weighted by molar-refractivity contribution is 4.85. The van der Waals surface area contributed by atoms with Crippen molar-refractivity contribution in [3.63, 3.8) is 0 Å². The summed E-state index contributed by atoms with van der Waals surface area (Å²) in [6, 6.07) is 1.58. The first kappa shape index (κ1) is 14.3. The number of piperazine rings is 1. The molecule has 0 spiro atoms. The third kappa shape index (κ3) is 3.92. The molecule has 1 aliphatic carbocycles. The highest BCUT2D eigenvalue weighted by Crippen LogP contribution is 2.24. The number of β-amino-alcohol motifs (C(OH)–C–C–N with tert-alkyl or cyclic N) is 1. The number of aliphatic hydroxyl groups is 1. The van der Waals surface area contributed by atoms with Crippen LogP contribution in [0.15, 0.2) is 0 Å². The van der Waals surface area contributed by atoms with Crippen molar-refractivity contribution in [2.45, 2.75) is 44.7 Å². The lowest BCUT2D eigenvalue weighted by molar-refractivity contribution is 0.0657. The van der Waals surface area contributed by atoms with E-state index in [1.54, 1.807) is 0 Å². The van der Waals surface area contributed by atoms with Crippen molar-refractivity contribution >= 4 is 0 Å². The molecule has 0 aromatic rings. The van der Waals surface area contributed by atoms with Crippen molar-refractivity contribution in [1.82, 2.24) is 15.1 Å². The van der Waals surface area contributed by atoms with Gasteiger partial charge in [-0.3, -0.25) is 9.80 Å². The fourth-order valence-electron chi connectivity index (χ4n) is 3.43. The Morgan fingerprint density at radius 2 is 1.72 bits per heavy atom. The molecular formula is C14H29N3O. The van der Waals surface area contributed by atoms with Crippen LogP contribution in [0.2, 0.25) is 0 Å². The summed E-state index contributed by atoms with van der Waals surface area (Å²) in [4.78, 5) is 5.05. The van der Waals surface area contributed by atoms with Crippen molar-refractivity contribution < 1.29 is 5.11 Å². The molecule has 1 saturated carbocycles. The second-order valence-corrected chi connectivity index (χ2v) is 5.66. The molecule has 0 amide bonds. The molecule has 0 radical (unpaired) electrons. The maximum Gasteiger partial charge on any atom is 0.0558 e. The number of aliphatic hydroxyl groups excluding tert-OH is 1. The van der Waals surface area contributed by atoms with E-state index in [0.717, 1.165) is 38.3 Å². The van der Waals surface area contributed by atoms with E-state index in [2.05, 4.69) is 22.0 Å². The minimum Gasteiger partial charge on any atom is -0.395 e. The molecule has 0 unspecified atom stereocenters. The molecule has 106 valence electrons. The van der Waals surface area contributed by atoms with Gasteiger partial charge in [0.2, 0.25) is 0 Å². The normalized spacial score (nSPS) is 31.7. The van der Waals surface area contributed by atoms with Crippen molar-refractivity contribution in [3.8, 4) is 0 Å². The first-order valence-corrected chi connectivity index (χ1v) is 7.64. The van der Waals surface area contributed by atoms with E-state index in [-0.39, 0.29) is 0 Å². The van der Waals surface area contributed by atoms with Gasteiger partial charge in [-0.25, -0.2) is 0 Å². The summed E-state index contributed by atoms with van der Waals surface area (Å²) >= 11 is 0. The molecule has 4 heteroatoms. The van der Waals surface area contributed by atoms with Crippen LogP contribution in [-0.2, 0) is 0 Å². The van der Waals surface area contributed by atoms with Crippen molar-refractivity contribution in [3.05, 3.63) is 0 Å². The average Bonchev–Trinajstić information content (AvgIpc) is 2.41. The Labute approximate surface area is 111 Å². The van der Waals surface area contributed by atoms with Gasteiger partial charge in [-0.05, 0) is 32.2 Å². The Kier molecular flexibility index (Phi) is 5.89. The Bertz CT molecular complexity index is 197. The molecule has 0 aromatic carbocycles. The summed E-state index contributed by atoms with van der Waals surface area (Å²) in [5.41, 5.74) is 0. The summed E-state index contributed by atoms with van der Waals surface area (Å²) < 4.78 is 0. The van der Waals surface area contributed by atoms with E-state index >= 15 is 0 Å². The zero-order valence-electron chi connectivity index (χ0n) is 11.8. The highest BCUT2D eigenvalue weighted by atomic mass is 16.3. The fraction of sp³-hybridized carbons (Fsp3) is 1.00. The number of nitrogens with one attached hydrogen (secondary N) is 1. The SMILES string of the molecule is CCNC1CCC(N2CCN(CCO)CC2)CC1. The van der Waals surface area contributed by atoms with Gasteiger partial charge < -0.3 is 10.4 Å². The van der Waals surface area contributed by atoms with Crippen LogP contribution in [0.3, 0.4) is 0 Å². The summed E-state index contributed by atoms with van der Waals surface area (Å²) in [6.45, 7) is 9.10. The van der Waals surface area contributed by atoms with Gasteiger partial charge in [0.25, 0.3) is 0 Å². The van der Waals surface area contributed by atoms with Crippen LogP contribution in [0.1, 0.15) is 32.6 Å². The van der Waals surface area contributed by atoms with Crippen molar-refractivity contribution in [2.24, 2.45) is 0 Å². The van der Waals surface area contributed by atoms with Gasteiger partial charge in [-0.1, -0.05) is 6.92 Å². The molecule has 4 nitrogen and oxygen atoms in total. The van der Waals surface area contributed by atoms with Crippen molar-refractivity contribution in [1.29, 1.82) is 0 Å². The van der Waals surface area contributed by atoms with Crippen molar-refractivity contribution in [2.75, 3.05) is 45.9 Å². The lowest BCUT2D eigenvalue weighted by Crippen LogP contribution is -2.52. The van der Waals surface area contributed by atoms with E-state index in [4.69, 9.17) is 5.11 Å². The minimum atomic E-state index is 0.299. The van der Waals surface area contributed by atoms with Gasteiger partial charge in [-0.2, -0.15) is 0 Å². The van der Waals surface area contributed by atoms with Crippen LogP contribution in [0.4, 0.5) is 0 Å². The van der Waals surface area contributed by atoms with Crippen LogP contribution in [0.25, 0.3) is 0 Å². The van der Waals surface area contributed by atoms with Crippen LogP contribution in [0, 0.1) is 0 Å². The summed E-state index contributed by atoms with van der Waals surface area (Å²) in [5.74, 6) is 0. The molecule has 1 saturated heterocycles. The maximum atomic E-state index is 8.95. The lowest BCUT2D eigenvalue weighted by atomic mass is 9.90. The maximum absolute atomic E-state index is 8.95. The first-order chi connectivity index (χ1) is 8.83. The molecule has 0 atom stereocenters. The highest BCUT2D eigenvalue weighted by Gasteiger charge is 2.27. The zero-order chi connectivity index (χ0) is 12.8. The topological polar surface area (TPSA) is 38.7 Å². The minimum absolute atomic E-state index is 0.299. The molecule has 18 heavy (non-hydrogen) atoms. The average molecular weight is 255 g/mol. The van der Waals surface area contributed by atoms with Gasteiger partial charge in [0, 0.05) is 44.8 Å². The third-order valence-corrected chi connectivity index (χ3v) is 4.53. The number of hydrogen-bond acceptors (Lipinski definition) is 4. The Morgan fingerprint density at radius 3 is 2.28 bits per heavy atom. The van der Waals surface area contributed by atoms with Gasteiger partial charge in [0.05, 0.1) is 6.61 Å². The molecule has 1 aliphatic heterocycles. The number of rotatable bonds is 5. The largest absolute Gasteiger partial charge is 0.395 e. The molecular weight excluding hydrogens is 226 g/mol. The van der Waals surface area contributed by atoms with Gasteiger partial charge in [-0.15, -0.1) is 0 Å². The lowest BCUT2D eigenvalue weighted by Gasteiger charge is -2.42. The quantitative estimate of drug-likeness (QED) is 0.751. The first-order valence-electron chi connectivity index (χ1n) is 7.64. The molecule has 2 rings (SSSR count). The Balaban J connectivity index is 1.68. The van der Waals surface area contributed by atoms with Crippen LogP contribution < -0.4 is 5.32 Å². The Morgan fingerprint density at radius 1 is 1.06 bits per heavy atom. The third-order valence-electron chi connectivity index (χ3n) is 4.53. The fourth-order valence-corrected chi connectivity index (χ4v) is 3.43. The molecule has 1 heterocycles. The molecule has 0 bridgehead atoms. The second-order valence-electron chi connectivity index (χ2n) is 5.66. The zero-order valence-corrected chi connectivity index (χ0v) is 11.8. The smallest absolute Gasteiger partial charge is 0.0558 e. The van der Waals surface area contributed by atoms with E-state index in [0.29, 0.717) is 6.61 Å². The summed E-state index contributed by atoms with van der Waals surface area (Å²) in [7, 11) is 0. The number of hydrogen-bond donors (Lipinski definition) is 2. The van der Waals surface area contributed by atoms with Crippen LogP contribution >= 0.6 is 0 Å². The Hall–Kier alpha value is -0.160. The monoisotopic (exact) mass is 255 g/mol. The standard InChI is InChI=1S/C14H29N3O/c1-2-15-13-3-5-14(6-4-13)17-9-7-16(8-10-17)11-12-18/h13-15,18H,2-12H2,1H3. The predicted molar refractivity (Wildman–Crippen MR) is 74.8 cm³/mol. The summed E-state index contributed by atoms with van der Waals surface area (Å²) in [5, 5.41) is 12.5. The molecule has 2 fully saturated rings. The van der Waals surface area contributed by atoms with E-state index in [1.165, 1.54) is 38.8 Å². The van der Waals surface area contributed by atoms with Crippen LogP contribution in [0.5, 0.6) is 0 Å². The van der Waals surface area contributed by atoms with E-state index in [1.807, 2.05) is 0 Å². The van der Waals surface area contributed by atoms with E-state index < -0.39 is 0 Å². The van der Waals surface area contributed by atoms with E-state index in [9.17, 15) is 0 Å². The van der Waals surface area contributed by atoms with Gasteiger partial charge >= 0.3 is 0 Å². The molecule has 0 aromatic heterocycles.